The van der Waals surface area contributed by atoms with Crippen LogP contribution in [-0.2, 0) is 27.3 Å². The van der Waals surface area contributed by atoms with Gasteiger partial charge in [0.05, 0.1) is 12.2 Å². The lowest BCUT2D eigenvalue weighted by molar-refractivity contribution is -0.123. The molecule has 0 atom stereocenters. The third-order valence-corrected chi connectivity index (χ3v) is 8.80. The van der Waals surface area contributed by atoms with E-state index in [1.807, 2.05) is 66.7 Å². The van der Waals surface area contributed by atoms with E-state index in [0.717, 1.165) is 93.9 Å². The summed E-state index contributed by atoms with van der Waals surface area (Å²) in [5.41, 5.74) is 10.4. The first-order valence-electron chi connectivity index (χ1n) is 16.1. The number of nitrogens with zero attached hydrogens (tertiary/aromatic N) is 2. The summed E-state index contributed by atoms with van der Waals surface area (Å²) in [6, 6.07) is 26.0. The molecular formula is C36H45N5O4. The van der Waals surface area contributed by atoms with E-state index in [-0.39, 0.29) is 23.7 Å². The Kier molecular flexibility index (Phi) is 11.7. The van der Waals surface area contributed by atoms with E-state index in [1.165, 1.54) is 5.56 Å². The van der Waals surface area contributed by atoms with Crippen molar-refractivity contribution in [2.75, 3.05) is 51.1 Å². The van der Waals surface area contributed by atoms with E-state index in [4.69, 9.17) is 10.5 Å². The number of Topliss-reactive ketones (excluding diaryl/α,β-unsaturated/α-hetero) is 1. The van der Waals surface area contributed by atoms with Crippen LogP contribution in [0.5, 0.6) is 0 Å². The van der Waals surface area contributed by atoms with Crippen LogP contribution in [-0.4, -0.2) is 79.5 Å². The van der Waals surface area contributed by atoms with Gasteiger partial charge in [-0.15, -0.1) is 0 Å². The molecule has 2 heterocycles. The molecule has 0 unspecified atom stereocenters. The molecule has 5 rings (SSSR count). The zero-order valence-corrected chi connectivity index (χ0v) is 26.0. The van der Waals surface area contributed by atoms with Crippen molar-refractivity contribution in [3.8, 4) is 11.1 Å². The van der Waals surface area contributed by atoms with Gasteiger partial charge in [-0.05, 0) is 61.5 Å². The van der Waals surface area contributed by atoms with Gasteiger partial charge in [-0.1, -0.05) is 72.8 Å². The van der Waals surface area contributed by atoms with Crippen molar-refractivity contribution in [1.29, 1.82) is 0 Å². The normalized spacial score (nSPS) is 16.7. The summed E-state index contributed by atoms with van der Waals surface area (Å²) in [5, 5.41) is 6.22. The molecule has 0 spiro atoms. The Balaban J connectivity index is 0.940. The Bertz CT molecular complexity index is 1400. The fourth-order valence-corrected chi connectivity index (χ4v) is 6.15. The van der Waals surface area contributed by atoms with E-state index in [2.05, 4.69) is 32.6 Å². The highest BCUT2D eigenvalue weighted by Gasteiger charge is 2.24. The van der Waals surface area contributed by atoms with Gasteiger partial charge in [-0.2, -0.15) is 0 Å². The lowest BCUT2D eigenvalue weighted by Crippen LogP contribution is -2.42. The van der Waals surface area contributed by atoms with E-state index in [9.17, 15) is 14.4 Å². The van der Waals surface area contributed by atoms with Crippen LogP contribution in [0, 0.1) is 5.92 Å². The van der Waals surface area contributed by atoms with Gasteiger partial charge in [0.2, 0.25) is 5.91 Å². The average molecular weight is 612 g/mol. The highest BCUT2D eigenvalue weighted by molar-refractivity contribution is 5.91. The number of primary amides is 1. The molecule has 2 aliphatic heterocycles. The highest BCUT2D eigenvalue weighted by Crippen LogP contribution is 2.28. The summed E-state index contributed by atoms with van der Waals surface area (Å²) in [7, 11) is 0. The van der Waals surface area contributed by atoms with Gasteiger partial charge in [-0.3, -0.25) is 19.8 Å². The molecule has 2 aliphatic rings. The van der Waals surface area contributed by atoms with Crippen LogP contribution in [0.4, 0.5) is 10.5 Å². The summed E-state index contributed by atoms with van der Waals surface area (Å²) in [6.45, 7) is 6.25. The maximum Gasteiger partial charge on any atom is 0.411 e. The number of benzene rings is 3. The molecule has 0 aromatic heterocycles. The predicted molar refractivity (Wildman–Crippen MR) is 177 cm³/mol. The van der Waals surface area contributed by atoms with E-state index >= 15 is 0 Å². The Morgan fingerprint density at radius 3 is 2.13 bits per heavy atom. The van der Waals surface area contributed by atoms with E-state index in [1.54, 1.807) is 0 Å². The van der Waals surface area contributed by atoms with Crippen molar-refractivity contribution >= 4 is 23.5 Å². The number of carbonyl (C=O) groups is 3. The lowest BCUT2D eigenvalue weighted by Gasteiger charge is -2.31. The third kappa shape index (κ3) is 9.97. The summed E-state index contributed by atoms with van der Waals surface area (Å²) in [6.07, 6.45) is 3.10. The Labute approximate surface area is 266 Å². The van der Waals surface area contributed by atoms with Crippen molar-refractivity contribution in [1.82, 2.24) is 15.1 Å². The van der Waals surface area contributed by atoms with Gasteiger partial charge in [0, 0.05) is 50.6 Å². The molecule has 0 aliphatic carbocycles. The number of rotatable bonds is 13. The van der Waals surface area contributed by atoms with Crippen LogP contribution in [0.15, 0.2) is 78.9 Å². The van der Waals surface area contributed by atoms with Crippen LogP contribution < -0.4 is 16.4 Å². The highest BCUT2D eigenvalue weighted by atomic mass is 16.6. The molecule has 45 heavy (non-hydrogen) atoms. The van der Waals surface area contributed by atoms with Gasteiger partial charge in [0.15, 0.2) is 5.78 Å². The molecule has 3 aromatic carbocycles. The van der Waals surface area contributed by atoms with Crippen LogP contribution in [0.3, 0.4) is 0 Å². The number of hydrogen-bond donors (Lipinski definition) is 3. The minimum absolute atomic E-state index is 0.00478. The minimum Gasteiger partial charge on any atom is -0.446 e. The molecule has 9 nitrogen and oxygen atoms in total. The number of ether oxygens (including phenoxy) is 1. The second-order valence-corrected chi connectivity index (χ2v) is 12.1. The number of nitrogens with one attached hydrogen (secondary N) is 2. The zero-order chi connectivity index (χ0) is 31.4. The van der Waals surface area contributed by atoms with Crippen molar-refractivity contribution in [3.05, 3.63) is 90.0 Å². The third-order valence-electron chi connectivity index (χ3n) is 8.80. The van der Waals surface area contributed by atoms with Crippen LogP contribution in [0.25, 0.3) is 11.1 Å². The van der Waals surface area contributed by atoms with Crippen LogP contribution >= 0.6 is 0 Å². The standard InChI is InChI=1S/C36H45N5O4/c37-35(43)30-14-19-41(20-15-30)26-28-12-10-27(11-13-28)24-31(42)25-38-18-23-40-21-16-32(17-22-40)45-36(44)39-34-9-5-4-8-33(34)29-6-2-1-3-7-29/h1-13,30,32,38H,14-26H2,(H2,37,43)(H,39,44). The fraction of sp³-hybridized carbons (Fsp3) is 0.417. The Morgan fingerprint density at radius 1 is 0.778 bits per heavy atom. The van der Waals surface area contributed by atoms with E-state index < -0.39 is 6.09 Å². The van der Waals surface area contributed by atoms with Crippen LogP contribution in [0.1, 0.15) is 36.8 Å². The van der Waals surface area contributed by atoms with Gasteiger partial charge < -0.3 is 20.7 Å². The van der Waals surface area contributed by atoms with Crippen molar-refractivity contribution in [2.24, 2.45) is 11.7 Å². The first kappa shape index (κ1) is 32.3. The quantitative estimate of drug-likeness (QED) is 0.244. The molecule has 0 saturated carbocycles. The number of carbonyl (C=O) groups excluding carboxylic acids is 3. The largest absolute Gasteiger partial charge is 0.446 e. The first-order valence-corrected chi connectivity index (χ1v) is 16.1. The first-order chi connectivity index (χ1) is 21.9. The Morgan fingerprint density at radius 2 is 1.42 bits per heavy atom. The van der Waals surface area contributed by atoms with Gasteiger partial charge in [0.1, 0.15) is 6.10 Å². The summed E-state index contributed by atoms with van der Waals surface area (Å²) in [4.78, 5) is 41.3. The number of amides is 2. The van der Waals surface area contributed by atoms with Crippen molar-refractivity contribution < 1.29 is 19.1 Å². The molecule has 4 N–H and O–H groups in total. The number of hydrogen-bond acceptors (Lipinski definition) is 7. The molecule has 0 bridgehead atoms. The molecule has 0 radical (unpaired) electrons. The molecule has 2 amide bonds. The summed E-state index contributed by atoms with van der Waals surface area (Å²) in [5.74, 6) is -0.0121. The molecule has 238 valence electrons. The summed E-state index contributed by atoms with van der Waals surface area (Å²) < 4.78 is 5.75. The smallest absolute Gasteiger partial charge is 0.411 e. The average Bonchev–Trinajstić information content (AvgIpc) is 3.06. The topological polar surface area (TPSA) is 117 Å². The molecule has 3 aromatic rings. The van der Waals surface area contributed by atoms with Crippen molar-refractivity contribution in [3.63, 3.8) is 0 Å². The van der Waals surface area contributed by atoms with Gasteiger partial charge >= 0.3 is 6.09 Å². The molecule has 9 heteroatoms. The number of para-hydroxylation sites is 1. The van der Waals surface area contributed by atoms with Crippen LogP contribution in [0.2, 0.25) is 0 Å². The van der Waals surface area contributed by atoms with Gasteiger partial charge in [0.25, 0.3) is 0 Å². The number of ketones is 1. The van der Waals surface area contributed by atoms with E-state index in [0.29, 0.717) is 13.0 Å². The number of nitrogens with two attached hydrogens (primary N) is 1. The lowest BCUT2D eigenvalue weighted by atomic mass is 9.96. The minimum atomic E-state index is -0.423. The maximum absolute atomic E-state index is 12.7. The van der Waals surface area contributed by atoms with Crippen molar-refractivity contribution in [2.45, 2.75) is 44.8 Å². The van der Waals surface area contributed by atoms with Gasteiger partial charge in [-0.25, -0.2) is 4.79 Å². The molecule has 2 fully saturated rings. The second kappa shape index (κ2) is 16.3. The summed E-state index contributed by atoms with van der Waals surface area (Å²) >= 11 is 0. The monoisotopic (exact) mass is 611 g/mol. The maximum atomic E-state index is 12.7. The molecular weight excluding hydrogens is 566 g/mol. The SMILES string of the molecule is NC(=O)C1CCN(Cc2ccc(CC(=O)CNCCN3CCC(OC(=O)Nc4ccccc4-c4ccccc4)CC3)cc2)CC1. The predicted octanol–water partition coefficient (Wildman–Crippen LogP) is 4.47. The Hall–Kier alpha value is -4.05. The fourth-order valence-electron chi connectivity index (χ4n) is 6.15. The second-order valence-electron chi connectivity index (χ2n) is 12.1. The number of anilines is 1. The number of likely N-dealkylation sites (tertiary alicyclic amines) is 2. The molecule has 2 saturated heterocycles. The number of piperidine rings is 2. The zero-order valence-electron chi connectivity index (χ0n) is 26.0.